The van der Waals surface area contributed by atoms with Crippen molar-refractivity contribution < 1.29 is 4.79 Å². The molecule has 1 atom stereocenters. The van der Waals surface area contributed by atoms with Gasteiger partial charge in [0.15, 0.2) is 0 Å². The van der Waals surface area contributed by atoms with Crippen LogP contribution in [0.5, 0.6) is 0 Å². The molecule has 2 N–H and O–H groups in total. The van der Waals surface area contributed by atoms with Crippen LogP contribution in [0.15, 0.2) is 18.3 Å². The van der Waals surface area contributed by atoms with Gasteiger partial charge in [-0.05, 0) is 19.1 Å². The van der Waals surface area contributed by atoms with E-state index in [1.807, 2.05) is 36.5 Å². The zero-order valence-electron chi connectivity index (χ0n) is 11.0. The van der Waals surface area contributed by atoms with Gasteiger partial charge in [-0.15, -0.1) is 0 Å². The summed E-state index contributed by atoms with van der Waals surface area (Å²) in [5, 5.41) is 6.68. The molecule has 1 fully saturated rings. The molecule has 1 saturated heterocycles. The number of anilines is 1. The van der Waals surface area contributed by atoms with Crippen LogP contribution in [0.3, 0.4) is 0 Å². The highest BCUT2D eigenvalue weighted by molar-refractivity contribution is 8.06. The van der Waals surface area contributed by atoms with Gasteiger partial charge in [-0.2, -0.15) is 23.5 Å². The molecular formula is C13H19N3OS2. The molecule has 4 nitrogen and oxygen atoms in total. The SMILES string of the molecule is CCNc1ccnc(C(=O)NCC2CSCCS2)c1. The second-order valence-electron chi connectivity index (χ2n) is 4.24. The quantitative estimate of drug-likeness (QED) is 0.871. The first-order valence-corrected chi connectivity index (χ1v) is 8.67. The average Bonchev–Trinajstić information content (AvgIpc) is 2.46. The molecule has 6 heteroatoms. The smallest absolute Gasteiger partial charge is 0.269 e. The van der Waals surface area contributed by atoms with Crippen molar-refractivity contribution in [2.75, 3.05) is 35.7 Å². The summed E-state index contributed by atoms with van der Waals surface area (Å²) >= 11 is 3.91. The number of amides is 1. The van der Waals surface area contributed by atoms with Gasteiger partial charge in [-0.25, -0.2) is 0 Å². The Hall–Kier alpha value is -0.880. The summed E-state index contributed by atoms with van der Waals surface area (Å²) in [6.07, 6.45) is 1.66. The Labute approximate surface area is 122 Å². The lowest BCUT2D eigenvalue weighted by Crippen LogP contribution is -2.33. The molecule has 104 valence electrons. The van der Waals surface area contributed by atoms with Crippen molar-refractivity contribution >= 4 is 35.1 Å². The van der Waals surface area contributed by atoms with Crippen molar-refractivity contribution in [3.63, 3.8) is 0 Å². The Kier molecular flexibility index (Phi) is 5.85. The average molecular weight is 297 g/mol. The largest absolute Gasteiger partial charge is 0.385 e. The normalized spacial score (nSPS) is 18.9. The van der Waals surface area contributed by atoms with Crippen molar-refractivity contribution in [3.8, 4) is 0 Å². The van der Waals surface area contributed by atoms with E-state index in [0.717, 1.165) is 24.5 Å². The summed E-state index contributed by atoms with van der Waals surface area (Å²) in [4.78, 5) is 16.1. The summed E-state index contributed by atoms with van der Waals surface area (Å²) in [5.41, 5.74) is 1.41. The molecular weight excluding hydrogens is 278 g/mol. The first-order valence-electron chi connectivity index (χ1n) is 6.47. The van der Waals surface area contributed by atoms with Crippen molar-refractivity contribution in [2.45, 2.75) is 12.2 Å². The second kappa shape index (κ2) is 7.65. The summed E-state index contributed by atoms with van der Waals surface area (Å²) in [7, 11) is 0. The van der Waals surface area contributed by atoms with Crippen molar-refractivity contribution in [1.29, 1.82) is 0 Å². The van der Waals surface area contributed by atoms with Gasteiger partial charge in [-0.3, -0.25) is 9.78 Å². The van der Waals surface area contributed by atoms with Crippen LogP contribution >= 0.6 is 23.5 Å². The van der Waals surface area contributed by atoms with Gasteiger partial charge >= 0.3 is 0 Å². The molecule has 0 aromatic carbocycles. The molecule has 1 unspecified atom stereocenters. The first kappa shape index (κ1) is 14.5. The Morgan fingerprint density at radius 3 is 3.16 bits per heavy atom. The summed E-state index contributed by atoms with van der Waals surface area (Å²) in [6, 6.07) is 3.66. The van der Waals surface area contributed by atoms with Crippen LogP contribution < -0.4 is 10.6 Å². The van der Waals surface area contributed by atoms with Crippen LogP contribution in [0.1, 0.15) is 17.4 Å². The molecule has 1 aliphatic heterocycles. The fourth-order valence-electron chi connectivity index (χ4n) is 1.82. The summed E-state index contributed by atoms with van der Waals surface area (Å²) < 4.78 is 0. The topological polar surface area (TPSA) is 54.0 Å². The van der Waals surface area contributed by atoms with Crippen LogP contribution in [-0.4, -0.2) is 46.5 Å². The number of carbonyl (C=O) groups is 1. The van der Waals surface area contributed by atoms with E-state index < -0.39 is 0 Å². The van der Waals surface area contributed by atoms with Gasteiger partial charge in [-0.1, -0.05) is 0 Å². The highest BCUT2D eigenvalue weighted by atomic mass is 32.2. The lowest BCUT2D eigenvalue weighted by Gasteiger charge is -2.21. The fraction of sp³-hybridized carbons (Fsp3) is 0.538. The van der Waals surface area contributed by atoms with E-state index in [-0.39, 0.29) is 5.91 Å². The predicted octanol–water partition coefficient (Wildman–Crippen LogP) is 2.09. The van der Waals surface area contributed by atoms with E-state index in [0.29, 0.717) is 10.9 Å². The van der Waals surface area contributed by atoms with Gasteiger partial charge in [0.1, 0.15) is 5.69 Å². The van der Waals surface area contributed by atoms with Crippen LogP contribution in [0, 0.1) is 0 Å². The number of hydrogen-bond donors (Lipinski definition) is 2. The summed E-state index contributed by atoms with van der Waals surface area (Å²) in [5.74, 6) is 3.44. The van der Waals surface area contributed by atoms with E-state index >= 15 is 0 Å². The predicted molar refractivity (Wildman–Crippen MR) is 84.3 cm³/mol. The van der Waals surface area contributed by atoms with Crippen molar-refractivity contribution in [3.05, 3.63) is 24.0 Å². The van der Waals surface area contributed by atoms with Crippen molar-refractivity contribution in [2.24, 2.45) is 0 Å². The van der Waals surface area contributed by atoms with E-state index in [9.17, 15) is 4.79 Å². The Balaban J connectivity index is 1.86. The molecule has 2 heterocycles. The number of carbonyl (C=O) groups excluding carboxylic acids is 1. The number of aromatic nitrogens is 1. The van der Waals surface area contributed by atoms with Gasteiger partial charge in [0, 0.05) is 47.5 Å². The zero-order valence-corrected chi connectivity index (χ0v) is 12.6. The minimum atomic E-state index is -0.0871. The Morgan fingerprint density at radius 2 is 2.42 bits per heavy atom. The molecule has 0 aliphatic carbocycles. The van der Waals surface area contributed by atoms with Crippen LogP contribution in [0.25, 0.3) is 0 Å². The molecule has 0 spiro atoms. The summed E-state index contributed by atoms with van der Waals surface area (Å²) in [6.45, 7) is 3.59. The second-order valence-corrected chi connectivity index (χ2v) is 6.80. The monoisotopic (exact) mass is 297 g/mol. The van der Waals surface area contributed by atoms with E-state index in [1.54, 1.807) is 12.3 Å². The van der Waals surface area contributed by atoms with Crippen molar-refractivity contribution in [1.82, 2.24) is 10.3 Å². The minimum Gasteiger partial charge on any atom is -0.385 e. The number of rotatable bonds is 5. The van der Waals surface area contributed by atoms with E-state index in [1.165, 1.54) is 11.5 Å². The molecule has 1 aliphatic rings. The molecule has 0 bridgehead atoms. The minimum absolute atomic E-state index is 0.0871. The first-order chi connectivity index (χ1) is 9.29. The number of thioether (sulfide) groups is 2. The highest BCUT2D eigenvalue weighted by Crippen LogP contribution is 2.23. The third-order valence-electron chi connectivity index (χ3n) is 2.75. The third-order valence-corrected chi connectivity index (χ3v) is 5.59. The van der Waals surface area contributed by atoms with E-state index in [2.05, 4.69) is 15.6 Å². The number of pyridine rings is 1. The maximum Gasteiger partial charge on any atom is 0.269 e. The van der Waals surface area contributed by atoms with Gasteiger partial charge < -0.3 is 10.6 Å². The van der Waals surface area contributed by atoms with Gasteiger partial charge in [0.05, 0.1) is 0 Å². The van der Waals surface area contributed by atoms with Gasteiger partial charge in [0.2, 0.25) is 0 Å². The highest BCUT2D eigenvalue weighted by Gasteiger charge is 2.16. The molecule has 19 heavy (non-hydrogen) atoms. The Morgan fingerprint density at radius 1 is 1.53 bits per heavy atom. The molecule has 1 aromatic rings. The maximum atomic E-state index is 12.0. The Bertz CT molecular complexity index is 422. The molecule has 0 saturated carbocycles. The van der Waals surface area contributed by atoms with Crippen LogP contribution in [0.2, 0.25) is 0 Å². The standard InChI is InChI=1S/C13H19N3OS2/c1-2-14-10-3-4-15-12(7-10)13(17)16-8-11-9-18-5-6-19-11/h3-4,7,11H,2,5-6,8-9H2,1H3,(H,14,15)(H,16,17). The number of nitrogens with one attached hydrogen (secondary N) is 2. The number of hydrogen-bond acceptors (Lipinski definition) is 5. The van der Waals surface area contributed by atoms with Crippen LogP contribution in [-0.2, 0) is 0 Å². The van der Waals surface area contributed by atoms with Gasteiger partial charge in [0.25, 0.3) is 5.91 Å². The zero-order chi connectivity index (χ0) is 13.5. The molecule has 1 aromatic heterocycles. The van der Waals surface area contributed by atoms with E-state index in [4.69, 9.17) is 0 Å². The maximum absolute atomic E-state index is 12.0. The fourth-order valence-corrected chi connectivity index (χ4v) is 4.43. The molecule has 1 amide bonds. The lowest BCUT2D eigenvalue weighted by molar-refractivity contribution is 0.0949. The van der Waals surface area contributed by atoms with Crippen LogP contribution in [0.4, 0.5) is 5.69 Å². The molecule has 2 rings (SSSR count). The lowest BCUT2D eigenvalue weighted by atomic mass is 10.3. The number of nitrogens with zero attached hydrogens (tertiary/aromatic N) is 1. The molecule has 0 radical (unpaired) electrons. The third kappa shape index (κ3) is 4.62.